The molecule has 1 saturated heterocycles. The monoisotopic (exact) mass is 249 g/mol. The first-order chi connectivity index (χ1) is 8.10. The van der Waals surface area contributed by atoms with Crippen LogP contribution in [0.3, 0.4) is 0 Å². The van der Waals surface area contributed by atoms with Crippen LogP contribution in [0, 0.1) is 6.92 Å². The molecule has 1 aliphatic rings. The van der Waals surface area contributed by atoms with Crippen LogP contribution in [0.15, 0.2) is 18.2 Å². The number of anilines is 1. The lowest BCUT2D eigenvalue weighted by atomic mass is 10.1. The summed E-state index contributed by atoms with van der Waals surface area (Å²) in [4.78, 5) is 13.5. The Balaban J connectivity index is 2.29. The Bertz CT molecular complexity index is 409. The molecule has 1 aromatic carbocycles. The number of carbonyl (C=O) groups excluding carboxylic acids is 1. The first-order valence-corrected chi connectivity index (χ1v) is 7.00. The number of thioether (sulfide) groups is 1. The summed E-state index contributed by atoms with van der Waals surface area (Å²) in [5.74, 6) is 0. The first-order valence-electron chi connectivity index (χ1n) is 6.06. The average molecular weight is 249 g/mol. The van der Waals surface area contributed by atoms with Crippen LogP contribution in [0.25, 0.3) is 0 Å². The third-order valence-electron chi connectivity index (χ3n) is 3.07. The molecular formula is C14H19NOS. The Kier molecular flexibility index (Phi) is 3.77. The highest BCUT2D eigenvalue weighted by Crippen LogP contribution is 2.30. The summed E-state index contributed by atoms with van der Waals surface area (Å²) in [5, 5.41) is 1.25. The molecule has 2 nitrogen and oxygen atoms in total. The van der Waals surface area contributed by atoms with Gasteiger partial charge < -0.3 is 4.90 Å². The Morgan fingerprint density at radius 3 is 2.53 bits per heavy atom. The van der Waals surface area contributed by atoms with Crippen LogP contribution in [-0.2, 0) is 0 Å². The van der Waals surface area contributed by atoms with Gasteiger partial charge >= 0.3 is 0 Å². The van der Waals surface area contributed by atoms with Crippen LogP contribution in [0.4, 0.5) is 5.69 Å². The van der Waals surface area contributed by atoms with Crippen molar-refractivity contribution in [3.63, 3.8) is 0 Å². The van der Waals surface area contributed by atoms with Gasteiger partial charge in [-0.25, -0.2) is 0 Å². The molecule has 1 aliphatic heterocycles. The number of hydrogen-bond acceptors (Lipinski definition) is 3. The normalized spacial score (nSPS) is 24.8. The van der Waals surface area contributed by atoms with Crippen LogP contribution in [0.1, 0.15) is 29.8 Å². The van der Waals surface area contributed by atoms with E-state index in [-0.39, 0.29) is 0 Å². The van der Waals surface area contributed by atoms with Crippen LogP contribution in [-0.4, -0.2) is 29.9 Å². The van der Waals surface area contributed by atoms with E-state index in [1.165, 1.54) is 0 Å². The minimum Gasteiger partial charge on any atom is -0.369 e. The first kappa shape index (κ1) is 12.5. The van der Waals surface area contributed by atoms with Crippen molar-refractivity contribution >= 4 is 23.7 Å². The summed E-state index contributed by atoms with van der Waals surface area (Å²) in [7, 11) is 0. The van der Waals surface area contributed by atoms with Gasteiger partial charge in [-0.1, -0.05) is 25.5 Å². The van der Waals surface area contributed by atoms with Crippen LogP contribution >= 0.6 is 11.8 Å². The molecule has 0 aliphatic carbocycles. The van der Waals surface area contributed by atoms with Crippen molar-refractivity contribution in [2.45, 2.75) is 31.3 Å². The highest BCUT2D eigenvalue weighted by atomic mass is 32.2. The maximum atomic E-state index is 11.2. The zero-order chi connectivity index (χ0) is 12.4. The molecule has 0 saturated carbocycles. The fraction of sp³-hybridized carbons (Fsp3) is 0.500. The lowest BCUT2D eigenvalue weighted by Crippen LogP contribution is -2.40. The molecule has 1 heterocycles. The van der Waals surface area contributed by atoms with E-state index in [0.717, 1.165) is 36.2 Å². The smallest absolute Gasteiger partial charge is 0.152 e. The Morgan fingerprint density at radius 1 is 1.29 bits per heavy atom. The lowest BCUT2D eigenvalue weighted by Gasteiger charge is -2.36. The maximum absolute atomic E-state index is 11.2. The van der Waals surface area contributed by atoms with E-state index in [1.54, 1.807) is 0 Å². The third kappa shape index (κ3) is 2.83. The van der Waals surface area contributed by atoms with E-state index in [9.17, 15) is 4.79 Å². The van der Waals surface area contributed by atoms with Crippen molar-refractivity contribution in [2.75, 3.05) is 18.0 Å². The molecule has 0 radical (unpaired) electrons. The molecule has 2 unspecified atom stereocenters. The van der Waals surface area contributed by atoms with Crippen molar-refractivity contribution in [3.05, 3.63) is 29.3 Å². The quantitative estimate of drug-likeness (QED) is 0.751. The van der Waals surface area contributed by atoms with Crippen molar-refractivity contribution in [1.82, 2.24) is 0 Å². The predicted molar refractivity (Wildman–Crippen MR) is 75.3 cm³/mol. The molecule has 1 aromatic rings. The Hall–Kier alpha value is -0.960. The molecule has 2 atom stereocenters. The molecule has 1 fully saturated rings. The number of rotatable bonds is 2. The average Bonchev–Trinajstić information content (AvgIpc) is 2.27. The standard InChI is InChI=1S/C14H19NOS/c1-10-4-5-14(13(6-10)9-16)15-7-11(2)17-12(3)8-15/h4-6,9,11-12H,7-8H2,1-3H3. The summed E-state index contributed by atoms with van der Waals surface area (Å²) in [6.07, 6.45) is 0.972. The minimum absolute atomic E-state index is 0.625. The fourth-order valence-corrected chi connectivity index (χ4v) is 3.76. The van der Waals surface area contributed by atoms with Crippen molar-refractivity contribution in [1.29, 1.82) is 0 Å². The van der Waals surface area contributed by atoms with Gasteiger partial charge in [0.15, 0.2) is 6.29 Å². The fourth-order valence-electron chi connectivity index (χ4n) is 2.43. The van der Waals surface area contributed by atoms with E-state index in [4.69, 9.17) is 0 Å². The van der Waals surface area contributed by atoms with Crippen molar-refractivity contribution in [3.8, 4) is 0 Å². The SMILES string of the molecule is Cc1ccc(N2CC(C)SC(C)C2)c(C=O)c1. The molecule has 0 spiro atoms. The van der Waals surface area contributed by atoms with Crippen molar-refractivity contribution < 1.29 is 4.79 Å². The molecular weight excluding hydrogens is 230 g/mol. The maximum Gasteiger partial charge on any atom is 0.152 e. The summed E-state index contributed by atoms with van der Waals surface area (Å²) in [5.41, 5.74) is 3.05. The van der Waals surface area contributed by atoms with Crippen molar-refractivity contribution in [2.24, 2.45) is 0 Å². The van der Waals surface area contributed by atoms with Gasteiger partial charge in [-0.05, 0) is 19.1 Å². The van der Waals surface area contributed by atoms with Gasteiger partial charge in [0, 0.05) is 34.8 Å². The van der Waals surface area contributed by atoms with Gasteiger partial charge in [0.1, 0.15) is 0 Å². The van der Waals surface area contributed by atoms with Gasteiger partial charge in [0.2, 0.25) is 0 Å². The summed E-state index contributed by atoms with van der Waals surface area (Å²) >= 11 is 2.03. The van der Waals surface area contributed by atoms with Crippen LogP contribution in [0.5, 0.6) is 0 Å². The summed E-state index contributed by atoms with van der Waals surface area (Å²) in [6.45, 7) is 8.58. The topological polar surface area (TPSA) is 20.3 Å². The van der Waals surface area contributed by atoms with Gasteiger partial charge in [-0.2, -0.15) is 11.8 Å². The number of hydrogen-bond donors (Lipinski definition) is 0. The summed E-state index contributed by atoms with van der Waals surface area (Å²) < 4.78 is 0. The van der Waals surface area contributed by atoms with Gasteiger partial charge in [0.25, 0.3) is 0 Å². The molecule has 3 heteroatoms. The molecule has 0 N–H and O–H groups in total. The van der Waals surface area contributed by atoms with E-state index in [2.05, 4.69) is 30.9 Å². The number of aryl methyl sites for hydroxylation is 1. The highest BCUT2D eigenvalue weighted by molar-refractivity contribution is 8.00. The summed E-state index contributed by atoms with van der Waals surface area (Å²) in [6, 6.07) is 6.13. The van der Waals surface area contributed by atoms with Crippen LogP contribution < -0.4 is 4.90 Å². The predicted octanol–water partition coefficient (Wildman–Crippen LogP) is 3.14. The number of aldehydes is 1. The van der Waals surface area contributed by atoms with Gasteiger partial charge in [-0.15, -0.1) is 0 Å². The van der Waals surface area contributed by atoms with Gasteiger partial charge in [-0.3, -0.25) is 4.79 Å². The zero-order valence-electron chi connectivity index (χ0n) is 10.6. The second-order valence-corrected chi connectivity index (χ2v) is 6.72. The molecule has 2 rings (SSSR count). The number of nitrogens with zero attached hydrogens (tertiary/aromatic N) is 1. The molecule has 0 bridgehead atoms. The number of carbonyl (C=O) groups is 1. The molecule has 92 valence electrons. The largest absolute Gasteiger partial charge is 0.369 e. The number of benzene rings is 1. The van der Waals surface area contributed by atoms with E-state index >= 15 is 0 Å². The lowest BCUT2D eigenvalue weighted by molar-refractivity contribution is 0.112. The molecule has 17 heavy (non-hydrogen) atoms. The molecule has 0 aromatic heterocycles. The minimum atomic E-state index is 0.625. The Morgan fingerprint density at radius 2 is 1.94 bits per heavy atom. The molecule has 0 amide bonds. The highest BCUT2D eigenvalue weighted by Gasteiger charge is 2.23. The third-order valence-corrected chi connectivity index (χ3v) is 4.30. The van der Waals surface area contributed by atoms with E-state index in [0.29, 0.717) is 10.5 Å². The van der Waals surface area contributed by atoms with Gasteiger partial charge in [0.05, 0.1) is 0 Å². The van der Waals surface area contributed by atoms with E-state index < -0.39 is 0 Å². The Labute approximate surface area is 107 Å². The zero-order valence-corrected chi connectivity index (χ0v) is 11.5. The van der Waals surface area contributed by atoms with E-state index in [1.807, 2.05) is 24.8 Å². The second-order valence-electron chi connectivity index (χ2n) is 4.84. The van der Waals surface area contributed by atoms with Crippen LogP contribution in [0.2, 0.25) is 0 Å². The second kappa shape index (κ2) is 5.13.